The van der Waals surface area contributed by atoms with Crippen molar-refractivity contribution in [3.8, 4) is 5.75 Å². The van der Waals surface area contributed by atoms with Crippen molar-refractivity contribution in [1.29, 1.82) is 0 Å². The Morgan fingerprint density at radius 3 is 2.58 bits per heavy atom. The Kier molecular flexibility index (Phi) is 6.80. The molecule has 0 bridgehead atoms. The van der Waals surface area contributed by atoms with Crippen LogP contribution in [-0.4, -0.2) is 73.1 Å². The van der Waals surface area contributed by atoms with Gasteiger partial charge < -0.3 is 23.9 Å². The lowest BCUT2D eigenvalue weighted by Gasteiger charge is -2.30. The highest BCUT2D eigenvalue weighted by Gasteiger charge is 2.44. The van der Waals surface area contributed by atoms with Gasteiger partial charge in [0.15, 0.2) is 22.9 Å². The Hall–Kier alpha value is -3.62. The highest BCUT2D eigenvalue weighted by Crippen LogP contribution is 2.40. The molecule has 0 aliphatic carbocycles. The van der Waals surface area contributed by atoms with Crippen LogP contribution < -0.4 is 4.74 Å². The lowest BCUT2D eigenvalue weighted by Crippen LogP contribution is -2.39. The first-order valence-electron chi connectivity index (χ1n) is 12.2. The van der Waals surface area contributed by atoms with E-state index in [2.05, 4.69) is 4.90 Å². The average Bonchev–Trinajstić information content (AvgIpc) is 3.44. The van der Waals surface area contributed by atoms with E-state index in [1.165, 1.54) is 7.11 Å². The van der Waals surface area contributed by atoms with E-state index >= 15 is 0 Å². The van der Waals surface area contributed by atoms with E-state index in [4.69, 9.17) is 13.9 Å². The van der Waals surface area contributed by atoms with Crippen molar-refractivity contribution in [2.75, 3.05) is 46.5 Å². The van der Waals surface area contributed by atoms with Crippen LogP contribution in [0.3, 0.4) is 0 Å². The van der Waals surface area contributed by atoms with Crippen LogP contribution in [-0.2, 0) is 9.53 Å². The van der Waals surface area contributed by atoms with Crippen LogP contribution in [0.15, 0.2) is 64.3 Å². The standard InChI is InChI=1S/C28H30N2O6/c1-18-7-9-19(10-8-18)24-23(25(31)22-17-20-5-3-6-21(34-2)27(20)36-22)26(32)28(33)30(24)12-4-11-29-13-15-35-16-14-29/h3,5-10,17,24,32H,4,11-16H2,1-2H3/t24-/m1/s1. The number of hydrogen-bond donors (Lipinski definition) is 1. The number of hydrogen-bond acceptors (Lipinski definition) is 7. The second-order valence-electron chi connectivity index (χ2n) is 9.20. The first-order chi connectivity index (χ1) is 17.5. The number of aryl methyl sites for hydroxylation is 1. The Bertz CT molecular complexity index is 1300. The predicted octanol–water partition coefficient (Wildman–Crippen LogP) is 4.05. The van der Waals surface area contributed by atoms with E-state index in [1.54, 1.807) is 17.0 Å². The summed E-state index contributed by atoms with van der Waals surface area (Å²) in [6.07, 6.45) is 0.713. The summed E-state index contributed by atoms with van der Waals surface area (Å²) in [7, 11) is 1.53. The molecule has 3 aromatic rings. The quantitative estimate of drug-likeness (QED) is 0.476. The van der Waals surface area contributed by atoms with E-state index < -0.39 is 23.5 Å². The third-order valence-corrected chi connectivity index (χ3v) is 6.87. The van der Waals surface area contributed by atoms with Gasteiger partial charge in [0, 0.05) is 31.6 Å². The molecule has 0 spiro atoms. The zero-order valence-electron chi connectivity index (χ0n) is 20.5. The zero-order valence-corrected chi connectivity index (χ0v) is 20.5. The van der Waals surface area contributed by atoms with Gasteiger partial charge in [0.1, 0.15) is 0 Å². The number of carbonyl (C=O) groups excluding carboxylic acids is 2. The third kappa shape index (κ3) is 4.50. The highest BCUT2D eigenvalue weighted by molar-refractivity contribution is 6.16. The van der Waals surface area contributed by atoms with Crippen LogP contribution in [0.2, 0.25) is 0 Å². The normalized spacial score (nSPS) is 18.9. The minimum atomic E-state index is -0.703. The average molecular weight is 491 g/mol. The lowest BCUT2D eigenvalue weighted by molar-refractivity contribution is -0.129. The molecule has 1 aromatic heterocycles. The fourth-order valence-corrected chi connectivity index (χ4v) is 4.94. The van der Waals surface area contributed by atoms with Crippen LogP contribution in [0.4, 0.5) is 0 Å². The van der Waals surface area contributed by atoms with Gasteiger partial charge in [0.25, 0.3) is 5.91 Å². The molecule has 0 unspecified atom stereocenters. The third-order valence-electron chi connectivity index (χ3n) is 6.87. The second-order valence-corrected chi connectivity index (χ2v) is 9.20. The first-order valence-corrected chi connectivity index (χ1v) is 12.2. The number of morpholine rings is 1. The Balaban J connectivity index is 1.46. The molecule has 1 amide bonds. The van der Waals surface area contributed by atoms with Crippen LogP contribution in [0.25, 0.3) is 11.0 Å². The maximum atomic E-state index is 13.7. The van der Waals surface area contributed by atoms with E-state index in [0.29, 0.717) is 42.9 Å². The molecule has 2 aliphatic rings. The summed E-state index contributed by atoms with van der Waals surface area (Å²) >= 11 is 0. The number of benzene rings is 2. The van der Waals surface area contributed by atoms with E-state index in [0.717, 1.165) is 30.8 Å². The number of rotatable bonds is 8. The molecule has 5 rings (SSSR count). The Labute approximate surface area is 209 Å². The largest absolute Gasteiger partial charge is 0.503 e. The number of aliphatic hydroxyl groups is 1. The van der Waals surface area contributed by atoms with Gasteiger partial charge in [-0.15, -0.1) is 0 Å². The molecular weight excluding hydrogens is 460 g/mol. The van der Waals surface area contributed by atoms with Gasteiger partial charge in [-0.1, -0.05) is 42.0 Å². The summed E-state index contributed by atoms with van der Waals surface area (Å²) < 4.78 is 16.6. The minimum Gasteiger partial charge on any atom is -0.503 e. The van der Waals surface area contributed by atoms with Gasteiger partial charge in [-0.2, -0.15) is 0 Å². The number of Topliss-reactive ketones (excluding diaryl/α,β-unsaturated/α-hetero) is 1. The van der Waals surface area contributed by atoms with Gasteiger partial charge in [-0.25, -0.2) is 0 Å². The van der Waals surface area contributed by atoms with Crippen molar-refractivity contribution in [3.05, 3.63) is 76.8 Å². The number of ketones is 1. The molecule has 0 saturated carbocycles. The maximum absolute atomic E-state index is 13.7. The molecule has 8 nitrogen and oxygen atoms in total. The number of methoxy groups -OCH3 is 1. The molecule has 1 fully saturated rings. The molecule has 2 aliphatic heterocycles. The number of furan rings is 1. The summed E-state index contributed by atoms with van der Waals surface area (Å²) in [5.41, 5.74) is 2.31. The molecule has 36 heavy (non-hydrogen) atoms. The van der Waals surface area contributed by atoms with E-state index in [9.17, 15) is 14.7 Å². The summed E-state index contributed by atoms with van der Waals surface area (Å²) in [6, 6.07) is 14.0. The minimum absolute atomic E-state index is 0.0354. The smallest absolute Gasteiger partial charge is 0.290 e. The van der Waals surface area contributed by atoms with Crippen molar-refractivity contribution in [1.82, 2.24) is 9.80 Å². The SMILES string of the molecule is COc1cccc2cc(C(=O)C3=C(O)C(=O)N(CCCN4CCOCC4)[C@@H]3c3ccc(C)cc3)oc12. The molecule has 1 atom stereocenters. The Morgan fingerprint density at radius 2 is 1.86 bits per heavy atom. The molecule has 8 heteroatoms. The Morgan fingerprint density at radius 1 is 1.11 bits per heavy atom. The number of carbonyl (C=O) groups is 2. The molecular formula is C28H30N2O6. The second kappa shape index (κ2) is 10.2. The summed E-state index contributed by atoms with van der Waals surface area (Å²) in [4.78, 5) is 30.9. The molecule has 3 heterocycles. The summed E-state index contributed by atoms with van der Waals surface area (Å²) in [5, 5.41) is 11.6. The molecule has 188 valence electrons. The molecule has 1 N–H and O–H groups in total. The van der Waals surface area contributed by atoms with Crippen molar-refractivity contribution in [3.63, 3.8) is 0 Å². The number of ether oxygens (including phenoxy) is 2. The van der Waals surface area contributed by atoms with E-state index in [-0.39, 0.29) is 11.3 Å². The first kappa shape index (κ1) is 24.1. The number of aliphatic hydroxyl groups excluding tert-OH is 1. The lowest BCUT2D eigenvalue weighted by atomic mass is 9.94. The molecule has 1 saturated heterocycles. The van der Waals surface area contributed by atoms with Gasteiger partial charge >= 0.3 is 0 Å². The van der Waals surface area contributed by atoms with Gasteiger partial charge in [-0.3, -0.25) is 14.5 Å². The predicted molar refractivity (Wildman–Crippen MR) is 134 cm³/mol. The number of nitrogens with zero attached hydrogens (tertiary/aromatic N) is 2. The van der Waals surface area contributed by atoms with Gasteiger partial charge in [0.2, 0.25) is 5.78 Å². The molecule has 0 radical (unpaired) electrons. The zero-order chi connectivity index (χ0) is 25.2. The van der Waals surface area contributed by atoms with Crippen molar-refractivity contribution in [2.45, 2.75) is 19.4 Å². The van der Waals surface area contributed by atoms with Crippen LogP contribution >= 0.6 is 0 Å². The number of fused-ring (bicyclic) bond motifs is 1. The highest BCUT2D eigenvalue weighted by atomic mass is 16.5. The fraction of sp³-hybridized carbons (Fsp3) is 0.357. The van der Waals surface area contributed by atoms with Crippen LogP contribution in [0, 0.1) is 6.92 Å². The number of amides is 1. The van der Waals surface area contributed by atoms with Crippen molar-refractivity contribution < 1.29 is 28.6 Å². The van der Waals surface area contributed by atoms with E-state index in [1.807, 2.05) is 43.3 Å². The van der Waals surface area contributed by atoms with Crippen LogP contribution in [0.1, 0.15) is 34.1 Å². The van der Waals surface area contributed by atoms with Gasteiger partial charge in [-0.05, 0) is 31.0 Å². The van der Waals surface area contributed by atoms with Crippen LogP contribution in [0.5, 0.6) is 5.75 Å². The van der Waals surface area contributed by atoms with Crippen molar-refractivity contribution >= 4 is 22.7 Å². The maximum Gasteiger partial charge on any atom is 0.290 e. The topological polar surface area (TPSA) is 92.5 Å². The fourth-order valence-electron chi connectivity index (χ4n) is 4.94. The van der Waals surface area contributed by atoms with Gasteiger partial charge in [0.05, 0.1) is 31.9 Å². The van der Waals surface area contributed by atoms with Crippen molar-refractivity contribution in [2.24, 2.45) is 0 Å². The summed E-state index contributed by atoms with van der Waals surface area (Å²) in [5.74, 6) is -1.02. The summed E-state index contributed by atoms with van der Waals surface area (Å²) in [6.45, 7) is 6.32. The monoisotopic (exact) mass is 490 g/mol. The molecule has 2 aromatic carbocycles. The number of para-hydroxylation sites is 1.